The Kier molecular flexibility index (Phi) is 6.18. The lowest BCUT2D eigenvalue weighted by molar-refractivity contribution is 0.303. The Morgan fingerprint density at radius 2 is 1.84 bits per heavy atom. The molecule has 0 saturated carbocycles. The first-order valence-corrected chi connectivity index (χ1v) is 6.46. The van der Waals surface area contributed by atoms with Gasteiger partial charge < -0.3 is 15.3 Å². The number of halogens is 2. The molecule has 0 atom stereocenters. The third kappa shape index (κ3) is 4.76. The van der Waals surface area contributed by atoms with Crippen LogP contribution in [0.1, 0.15) is 19.4 Å². The molecule has 108 valence electrons. The smallest absolute Gasteiger partial charge is 0.149 e. The Morgan fingerprint density at radius 3 is 2.32 bits per heavy atom. The zero-order valence-electron chi connectivity index (χ0n) is 11.7. The highest BCUT2D eigenvalue weighted by Crippen LogP contribution is 2.23. The minimum Gasteiger partial charge on any atom is -0.395 e. The van der Waals surface area contributed by atoms with Crippen molar-refractivity contribution in [2.45, 2.75) is 20.4 Å². The highest BCUT2D eigenvalue weighted by molar-refractivity contribution is 5.50. The van der Waals surface area contributed by atoms with E-state index in [1.165, 1.54) is 17.0 Å². The van der Waals surface area contributed by atoms with Gasteiger partial charge in [0.1, 0.15) is 17.3 Å². The van der Waals surface area contributed by atoms with Gasteiger partial charge in [0.25, 0.3) is 0 Å². The van der Waals surface area contributed by atoms with Crippen molar-refractivity contribution in [1.82, 2.24) is 5.32 Å². The molecule has 0 fully saturated rings. The first-order valence-electron chi connectivity index (χ1n) is 6.46. The maximum Gasteiger partial charge on any atom is 0.149 e. The predicted molar refractivity (Wildman–Crippen MR) is 73.3 cm³/mol. The van der Waals surface area contributed by atoms with Crippen LogP contribution < -0.4 is 10.2 Å². The topological polar surface area (TPSA) is 35.5 Å². The quantitative estimate of drug-likeness (QED) is 0.798. The average Bonchev–Trinajstić information content (AvgIpc) is 2.27. The fraction of sp³-hybridized carbons (Fsp3) is 0.571. The monoisotopic (exact) mass is 272 g/mol. The summed E-state index contributed by atoms with van der Waals surface area (Å²) in [5.41, 5.74) is 0.485. The number of nitrogens with one attached hydrogen (secondary N) is 1. The Morgan fingerprint density at radius 1 is 1.26 bits per heavy atom. The fourth-order valence-corrected chi connectivity index (χ4v) is 1.85. The van der Waals surface area contributed by atoms with E-state index in [1.807, 2.05) is 0 Å². The van der Waals surface area contributed by atoms with E-state index in [0.717, 1.165) is 6.54 Å². The molecule has 5 heteroatoms. The second-order valence-corrected chi connectivity index (χ2v) is 5.08. The molecule has 2 N–H and O–H groups in total. The summed E-state index contributed by atoms with van der Waals surface area (Å²) in [4.78, 5) is 1.37. The van der Waals surface area contributed by atoms with Gasteiger partial charge in [0.2, 0.25) is 0 Å². The molecule has 0 aliphatic rings. The number of hydrogen-bond donors (Lipinski definition) is 2. The van der Waals surface area contributed by atoms with E-state index >= 15 is 0 Å². The van der Waals surface area contributed by atoms with E-state index in [0.29, 0.717) is 18.0 Å². The van der Waals surface area contributed by atoms with Gasteiger partial charge in [-0.3, -0.25) is 0 Å². The van der Waals surface area contributed by atoms with Crippen molar-refractivity contribution >= 4 is 5.69 Å². The molecule has 1 rings (SSSR count). The number of rotatable bonds is 7. The Bertz CT molecular complexity index is 387. The number of nitrogens with zero attached hydrogens (tertiary/aromatic N) is 1. The first kappa shape index (κ1) is 15.9. The molecule has 0 saturated heterocycles. The van der Waals surface area contributed by atoms with Crippen LogP contribution in [0.15, 0.2) is 12.1 Å². The SMILES string of the molecule is CC(C)CNCc1cc(F)c(N(C)CCO)c(F)c1. The van der Waals surface area contributed by atoms with Crippen LogP contribution in [0, 0.1) is 17.6 Å². The van der Waals surface area contributed by atoms with Crippen molar-refractivity contribution in [2.75, 3.05) is 31.6 Å². The van der Waals surface area contributed by atoms with Crippen molar-refractivity contribution in [2.24, 2.45) is 5.92 Å². The van der Waals surface area contributed by atoms with Crippen molar-refractivity contribution < 1.29 is 13.9 Å². The van der Waals surface area contributed by atoms with E-state index in [2.05, 4.69) is 19.2 Å². The minimum absolute atomic E-state index is 0.0957. The average molecular weight is 272 g/mol. The fourth-order valence-electron chi connectivity index (χ4n) is 1.85. The molecule has 0 heterocycles. The molecule has 0 unspecified atom stereocenters. The molecule has 0 aliphatic heterocycles. The third-order valence-electron chi connectivity index (χ3n) is 2.78. The number of anilines is 1. The third-order valence-corrected chi connectivity index (χ3v) is 2.78. The van der Waals surface area contributed by atoms with E-state index < -0.39 is 11.6 Å². The van der Waals surface area contributed by atoms with Gasteiger partial charge >= 0.3 is 0 Å². The van der Waals surface area contributed by atoms with Gasteiger partial charge in [-0.2, -0.15) is 0 Å². The molecule has 0 bridgehead atoms. The number of likely N-dealkylation sites (N-methyl/N-ethyl adjacent to an activating group) is 1. The highest BCUT2D eigenvalue weighted by Gasteiger charge is 2.14. The maximum absolute atomic E-state index is 13.9. The van der Waals surface area contributed by atoms with Gasteiger partial charge in [0.15, 0.2) is 0 Å². The van der Waals surface area contributed by atoms with Crippen LogP contribution >= 0.6 is 0 Å². The van der Waals surface area contributed by atoms with Crippen molar-refractivity contribution in [3.63, 3.8) is 0 Å². The molecule has 1 aromatic carbocycles. The van der Waals surface area contributed by atoms with Crippen molar-refractivity contribution in [1.29, 1.82) is 0 Å². The lowest BCUT2D eigenvalue weighted by Crippen LogP contribution is -2.24. The highest BCUT2D eigenvalue weighted by atomic mass is 19.1. The van der Waals surface area contributed by atoms with Gasteiger partial charge in [-0.25, -0.2) is 8.78 Å². The molecule has 19 heavy (non-hydrogen) atoms. The largest absolute Gasteiger partial charge is 0.395 e. The normalized spacial score (nSPS) is 11.1. The Hall–Kier alpha value is -1.20. The van der Waals surface area contributed by atoms with Gasteiger partial charge in [-0.15, -0.1) is 0 Å². The molecule has 3 nitrogen and oxygen atoms in total. The maximum atomic E-state index is 13.9. The van der Waals surface area contributed by atoms with E-state index in [1.54, 1.807) is 7.05 Å². The molecule has 0 aliphatic carbocycles. The minimum atomic E-state index is -0.600. The molecular weight excluding hydrogens is 250 g/mol. The molecule has 0 spiro atoms. The van der Waals surface area contributed by atoms with Gasteiger partial charge in [0, 0.05) is 20.1 Å². The summed E-state index contributed by atoms with van der Waals surface area (Å²) in [6, 6.07) is 2.67. The van der Waals surface area contributed by atoms with Crippen LogP contribution in [-0.4, -0.2) is 31.9 Å². The first-order chi connectivity index (χ1) is 8.95. The van der Waals surface area contributed by atoms with Gasteiger partial charge in [-0.1, -0.05) is 13.8 Å². The summed E-state index contributed by atoms with van der Waals surface area (Å²) in [7, 11) is 1.55. The number of hydrogen-bond acceptors (Lipinski definition) is 3. The zero-order valence-corrected chi connectivity index (χ0v) is 11.7. The Labute approximate surface area is 113 Å². The standard InChI is InChI=1S/C14H22F2N2O/c1-10(2)8-17-9-11-6-12(15)14(13(16)7-11)18(3)4-5-19/h6-7,10,17,19H,4-5,8-9H2,1-3H3. The van der Waals surface area contributed by atoms with Crippen molar-refractivity contribution in [3.05, 3.63) is 29.3 Å². The van der Waals surface area contributed by atoms with E-state index in [4.69, 9.17) is 5.11 Å². The summed E-state index contributed by atoms with van der Waals surface area (Å²) in [5, 5.41) is 11.9. The molecule has 1 aromatic rings. The van der Waals surface area contributed by atoms with Crippen LogP contribution in [0.5, 0.6) is 0 Å². The summed E-state index contributed by atoms with van der Waals surface area (Å²) >= 11 is 0. The number of benzene rings is 1. The second kappa shape index (κ2) is 7.40. The van der Waals surface area contributed by atoms with Crippen LogP contribution in [0.25, 0.3) is 0 Å². The van der Waals surface area contributed by atoms with E-state index in [-0.39, 0.29) is 18.8 Å². The van der Waals surface area contributed by atoms with Crippen LogP contribution in [0.4, 0.5) is 14.5 Å². The van der Waals surface area contributed by atoms with Gasteiger partial charge in [-0.05, 0) is 30.2 Å². The Balaban J connectivity index is 2.78. The zero-order chi connectivity index (χ0) is 14.4. The molecule has 0 aromatic heterocycles. The van der Waals surface area contributed by atoms with Crippen molar-refractivity contribution in [3.8, 4) is 0 Å². The summed E-state index contributed by atoms with van der Waals surface area (Å²) < 4.78 is 27.8. The number of aliphatic hydroxyl groups excluding tert-OH is 1. The summed E-state index contributed by atoms with van der Waals surface area (Å²) in [5.74, 6) is -0.709. The molecule has 0 amide bonds. The number of aliphatic hydroxyl groups is 1. The summed E-state index contributed by atoms with van der Waals surface area (Å²) in [6.07, 6.45) is 0. The lowest BCUT2D eigenvalue weighted by atomic mass is 10.1. The molecule has 0 radical (unpaired) electrons. The summed E-state index contributed by atoms with van der Waals surface area (Å²) in [6.45, 7) is 5.43. The van der Waals surface area contributed by atoms with E-state index in [9.17, 15) is 8.78 Å². The van der Waals surface area contributed by atoms with Crippen LogP contribution in [0.3, 0.4) is 0 Å². The lowest BCUT2D eigenvalue weighted by Gasteiger charge is -2.20. The van der Waals surface area contributed by atoms with Crippen LogP contribution in [-0.2, 0) is 6.54 Å². The van der Waals surface area contributed by atoms with Gasteiger partial charge in [0.05, 0.1) is 6.61 Å². The predicted octanol–water partition coefficient (Wildman–Crippen LogP) is 2.14. The molecular formula is C14H22F2N2O. The van der Waals surface area contributed by atoms with Crippen LogP contribution in [0.2, 0.25) is 0 Å². The second-order valence-electron chi connectivity index (χ2n) is 5.08.